The van der Waals surface area contributed by atoms with Crippen LogP contribution in [0, 0.1) is 25.2 Å². The Morgan fingerprint density at radius 3 is 2.62 bits per heavy atom. The second-order valence-electron chi connectivity index (χ2n) is 8.92. The highest BCUT2D eigenvalue weighted by Crippen LogP contribution is 2.25. The van der Waals surface area contributed by atoms with Crippen LogP contribution in [0.3, 0.4) is 0 Å². The maximum atomic E-state index is 12.1. The van der Waals surface area contributed by atoms with Crippen LogP contribution in [-0.2, 0) is 24.2 Å². The van der Waals surface area contributed by atoms with Crippen molar-refractivity contribution in [3.05, 3.63) is 94.4 Å². The van der Waals surface area contributed by atoms with E-state index in [1.807, 2.05) is 69.4 Å². The van der Waals surface area contributed by atoms with Gasteiger partial charge in [-0.3, -0.25) is 0 Å². The molecule has 4 aromatic rings. The number of nitriles is 1. The van der Waals surface area contributed by atoms with E-state index in [2.05, 4.69) is 32.0 Å². The van der Waals surface area contributed by atoms with E-state index in [9.17, 15) is 15.2 Å². The Morgan fingerprint density at radius 1 is 1.16 bits per heavy atom. The number of carbonyl (C=O) groups is 1. The highest BCUT2D eigenvalue weighted by Gasteiger charge is 2.20. The summed E-state index contributed by atoms with van der Waals surface area (Å²) >= 11 is 0. The molecule has 37 heavy (non-hydrogen) atoms. The molecule has 9 heteroatoms. The Bertz CT molecular complexity index is 1440. The largest absolute Gasteiger partial charge is 0.480 e. The quantitative estimate of drug-likeness (QED) is 0.295. The van der Waals surface area contributed by atoms with Crippen LogP contribution in [0.1, 0.15) is 40.4 Å². The average molecular weight is 496 g/mol. The van der Waals surface area contributed by atoms with Gasteiger partial charge in [-0.05, 0) is 78.9 Å². The van der Waals surface area contributed by atoms with E-state index < -0.39 is 12.0 Å². The molecule has 9 nitrogen and oxygen atoms in total. The van der Waals surface area contributed by atoms with E-state index in [0.29, 0.717) is 24.9 Å². The third-order valence-electron chi connectivity index (χ3n) is 6.09. The van der Waals surface area contributed by atoms with E-state index >= 15 is 0 Å². The number of aromatic nitrogens is 4. The summed E-state index contributed by atoms with van der Waals surface area (Å²) in [5, 5.41) is 34.0. The molecule has 0 amide bonds. The molecule has 0 aliphatic carbocycles. The molecular weight excluding hydrogens is 466 g/mol. The number of nitrogens with zero attached hydrogens (tertiary/aromatic N) is 5. The number of carboxylic acid groups (broad SMARTS) is 1. The lowest BCUT2D eigenvalue weighted by atomic mass is 9.99. The van der Waals surface area contributed by atoms with Gasteiger partial charge < -0.3 is 15.7 Å². The molecule has 0 aliphatic rings. The smallest absolute Gasteiger partial charge is 0.326 e. The lowest BCUT2D eigenvalue weighted by Gasteiger charge is -2.20. The molecule has 2 aromatic heterocycles. The number of hydrogen-bond donors (Lipinski definition) is 3. The van der Waals surface area contributed by atoms with Crippen molar-refractivity contribution in [3.8, 4) is 11.8 Å². The Kier molecular flexibility index (Phi) is 7.79. The summed E-state index contributed by atoms with van der Waals surface area (Å²) in [5.74, 6) is -0.158. The monoisotopic (exact) mass is 495 g/mol. The standard InChI is InChI=1S/C28H29N7O2/c1-4-22-13-21(15-29)12-19(3)27(22)32-25(28(36)37)14-20-5-7-24(8-6-20)35-17-23(33-34-35)16-31-26-11-18(2)9-10-30-26/h5-13,17,25,32H,4,14,16H2,1-3H3,(H,30,31)(H,36,37). The van der Waals surface area contributed by atoms with Crippen LogP contribution < -0.4 is 10.6 Å². The molecule has 188 valence electrons. The van der Waals surface area contributed by atoms with Crippen LogP contribution in [0.4, 0.5) is 11.5 Å². The molecule has 0 bridgehead atoms. The van der Waals surface area contributed by atoms with Crippen LogP contribution in [0.15, 0.2) is 60.9 Å². The molecule has 0 radical (unpaired) electrons. The summed E-state index contributed by atoms with van der Waals surface area (Å²) in [6.45, 7) is 6.38. The Morgan fingerprint density at radius 2 is 1.95 bits per heavy atom. The van der Waals surface area contributed by atoms with Gasteiger partial charge in [0.05, 0.1) is 30.1 Å². The molecule has 0 saturated heterocycles. The van der Waals surface area contributed by atoms with E-state index in [0.717, 1.165) is 45.1 Å². The molecule has 3 N–H and O–H groups in total. The zero-order valence-electron chi connectivity index (χ0n) is 21.1. The maximum Gasteiger partial charge on any atom is 0.326 e. The highest BCUT2D eigenvalue weighted by atomic mass is 16.4. The molecule has 0 spiro atoms. The lowest BCUT2D eigenvalue weighted by molar-refractivity contribution is -0.137. The normalized spacial score (nSPS) is 11.5. The number of anilines is 2. The molecule has 0 saturated carbocycles. The van der Waals surface area contributed by atoms with Gasteiger partial charge in [0.25, 0.3) is 0 Å². The number of pyridine rings is 1. The van der Waals surface area contributed by atoms with E-state index in [1.165, 1.54) is 0 Å². The van der Waals surface area contributed by atoms with Crippen molar-refractivity contribution < 1.29 is 9.90 Å². The predicted octanol–water partition coefficient (Wildman–Crippen LogP) is 4.43. The van der Waals surface area contributed by atoms with Crippen LogP contribution >= 0.6 is 0 Å². The van der Waals surface area contributed by atoms with Gasteiger partial charge in [-0.2, -0.15) is 5.26 Å². The Labute approximate surface area is 215 Å². The van der Waals surface area contributed by atoms with Crippen molar-refractivity contribution in [2.24, 2.45) is 0 Å². The van der Waals surface area contributed by atoms with Crippen molar-refractivity contribution in [1.82, 2.24) is 20.0 Å². The molecule has 4 rings (SSSR count). The first-order valence-corrected chi connectivity index (χ1v) is 12.1. The van der Waals surface area contributed by atoms with Crippen LogP contribution in [0.25, 0.3) is 5.69 Å². The van der Waals surface area contributed by atoms with Crippen molar-refractivity contribution >= 4 is 17.5 Å². The van der Waals surface area contributed by atoms with Crippen LogP contribution in [0.2, 0.25) is 0 Å². The predicted molar refractivity (Wildman–Crippen MR) is 142 cm³/mol. The summed E-state index contributed by atoms with van der Waals surface area (Å²) in [7, 11) is 0. The summed E-state index contributed by atoms with van der Waals surface area (Å²) in [6, 6.07) is 16.4. The molecule has 0 aliphatic heterocycles. The SMILES string of the molecule is CCc1cc(C#N)cc(C)c1NC(Cc1ccc(-n2cc(CNc3cc(C)ccn3)nn2)cc1)C(=O)O. The summed E-state index contributed by atoms with van der Waals surface area (Å²) in [6.07, 6.45) is 4.60. The Hall–Kier alpha value is -4.71. The number of carboxylic acids is 1. The molecule has 2 heterocycles. The van der Waals surface area contributed by atoms with Crippen LogP contribution in [0.5, 0.6) is 0 Å². The number of rotatable bonds is 10. The van der Waals surface area contributed by atoms with Crippen LogP contribution in [-0.4, -0.2) is 37.1 Å². The molecule has 1 unspecified atom stereocenters. The number of nitrogens with one attached hydrogen (secondary N) is 2. The molecular formula is C28H29N7O2. The first kappa shape index (κ1) is 25.4. The second kappa shape index (κ2) is 11.4. The fourth-order valence-electron chi connectivity index (χ4n) is 4.12. The van der Waals surface area contributed by atoms with Gasteiger partial charge in [0.2, 0.25) is 0 Å². The van der Waals surface area contributed by atoms with E-state index in [1.54, 1.807) is 16.9 Å². The number of aliphatic carboxylic acids is 1. The van der Waals surface area contributed by atoms with Gasteiger partial charge in [0, 0.05) is 18.3 Å². The molecule has 0 fully saturated rings. The summed E-state index contributed by atoms with van der Waals surface area (Å²) in [5.41, 5.74) is 6.72. The first-order valence-electron chi connectivity index (χ1n) is 12.1. The van der Waals surface area contributed by atoms with Gasteiger partial charge in [-0.25, -0.2) is 14.5 Å². The zero-order chi connectivity index (χ0) is 26.4. The fraction of sp³-hybridized carbons (Fsp3) is 0.250. The number of hydrogen-bond acceptors (Lipinski definition) is 7. The first-order chi connectivity index (χ1) is 17.9. The minimum atomic E-state index is -0.939. The average Bonchev–Trinajstić information content (AvgIpc) is 3.37. The topological polar surface area (TPSA) is 129 Å². The third-order valence-corrected chi connectivity index (χ3v) is 6.09. The van der Waals surface area contributed by atoms with Crippen molar-refractivity contribution in [2.75, 3.05) is 10.6 Å². The second-order valence-corrected chi connectivity index (χ2v) is 8.92. The van der Waals surface area contributed by atoms with E-state index in [-0.39, 0.29) is 0 Å². The number of benzene rings is 2. The highest BCUT2D eigenvalue weighted by molar-refractivity contribution is 5.79. The minimum absolute atomic E-state index is 0.300. The third kappa shape index (κ3) is 6.30. The van der Waals surface area contributed by atoms with E-state index in [4.69, 9.17) is 0 Å². The summed E-state index contributed by atoms with van der Waals surface area (Å²) < 4.78 is 1.69. The molecule has 2 aromatic carbocycles. The minimum Gasteiger partial charge on any atom is -0.480 e. The Balaban J connectivity index is 1.43. The van der Waals surface area contributed by atoms with Crippen molar-refractivity contribution in [3.63, 3.8) is 0 Å². The zero-order valence-corrected chi connectivity index (χ0v) is 21.1. The maximum absolute atomic E-state index is 12.1. The fourth-order valence-corrected chi connectivity index (χ4v) is 4.12. The van der Waals surface area contributed by atoms with Gasteiger partial charge in [-0.1, -0.05) is 24.3 Å². The molecule has 1 atom stereocenters. The summed E-state index contributed by atoms with van der Waals surface area (Å²) in [4.78, 5) is 16.4. The van der Waals surface area contributed by atoms with Gasteiger partial charge in [-0.15, -0.1) is 5.10 Å². The van der Waals surface area contributed by atoms with Gasteiger partial charge in [0.1, 0.15) is 17.6 Å². The van der Waals surface area contributed by atoms with Gasteiger partial charge in [0.15, 0.2) is 0 Å². The number of aryl methyl sites for hydroxylation is 3. The lowest BCUT2D eigenvalue weighted by Crippen LogP contribution is -2.32. The van der Waals surface area contributed by atoms with Crippen molar-refractivity contribution in [2.45, 2.75) is 46.2 Å². The van der Waals surface area contributed by atoms with Gasteiger partial charge >= 0.3 is 5.97 Å². The van der Waals surface area contributed by atoms with Crippen molar-refractivity contribution in [1.29, 1.82) is 5.26 Å².